The minimum Gasteiger partial charge on any atom is -0.321 e. The standard InChI is InChI=1S/C22H24N2/c1-16-14-22(16,2)20-8-4-3-6-18(20)7-5-9-21(24)19-12-10-17(15-23)11-13-19/h3-6,8-13,16,21H,7,14,24H2,1-2H3/b9-5-. The van der Waals surface area contributed by atoms with Crippen LogP contribution in [0, 0.1) is 17.2 Å². The quantitative estimate of drug-likeness (QED) is 0.816. The van der Waals surface area contributed by atoms with E-state index in [2.05, 4.69) is 56.3 Å². The molecule has 1 fully saturated rings. The number of hydrogen-bond donors (Lipinski definition) is 1. The molecule has 1 aliphatic carbocycles. The first-order chi connectivity index (χ1) is 11.5. The van der Waals surface area contributed by atoms with Crippen molar-refractivity contribution in [3.8, 4) is 6.07 Å². The van der Waals surface area contributed by atoms with E-state index < -0.39 is 0 Å². The zero-order valence-corrected chi connectivity index (χ0v) is 14.4. The molecule has 0 radical (unpaired) electrons. The van der Waals surface area contributed by atoms with E-state index in [4.69, 9.17) is 11.0 Å². The molecule has 0 bridgehead atoms. The molecule has 0 heterocycles. The second-order valence-electron chi connectivity index (χ2n) is 7.07. The molecule has 2 aromatic carbocycles. The molecule has 0 saturated heterocycles. The summed E-state index contributed by atoms with van der Waals surface area (Å²) >= 11 is 0. The van der Waals surface area contributed by atoms with Gasteiger partial charge in [-0.05, 0) is 53.0 Å². The number of allylic oxidation sites excluding steroid dienone is 1. The molecule has 1 aliphatic rings. The number of benzene rings is 2. The van der Waals surface area contributed by atoms with Crippen molar-refractivity contribution >= 4 is 0 Å². The van der Waals surface area contributed by atoms with Crippen molar-refractivity contribution < 1.29 is 0 Å². The summed E-state index contributed by atoms with van der Waals surface area (Å²) in [6.07, 6.45) is 6.40. The predicted molar refractivity (Wildman–Crippen MR) is 98.5 cm³/mol. The number of nitrogens with two attached hydrogens (primary N) is 1. The highest BCUT2D eigenvalue weighted by Gasteiger charge is 2.48. The first-order valence-corrected chi connectivity index (χ1v) is 8.55. The Bertz CT molecular complexity index is 782. The van der Waals surface area contributed by atoms with Crippen LogP contribution in [0.3, 0.4) is 0 Å². The summed E-state index contributed by atoms with van der Waals surface area (Å²) in [7, 11) is 0. The van der Waals surface area contributed by atoms with Gasteiger partial charge in [-0.2, -0.15) is 5.26 Å². The maximum atomic E-state index is 8.85. The molecule has 2 N–H and O–H groups in total. The van der Waals surface area contributed by atoms with Gasteiger partial charge in [0.1, 0.15) is 0 Å². The Morgan fingerprint density at radius 1 is 1.25 bits per heavy atom. The summed E-state index contributed by atoms with van der Waals surface area (Å²) in [6, 6.07) is 18.2. The Morgan fingerprint density at radius 3 is 2.54 bits per heavy atom. The van der Waals surface area contributed by atoms with Gasteiger partial charge in [0.25, 0.3) is 0 Å². The first kappa shape index (κ1) is 16.5. The van der Waals surface area contributed by atoms with Crippen molar-refractivity contribution in [3.63, 3.8) is 0 Å². The largest absolute Gasteiger partial charge is 0.321 e. The summed E-state index contributed by atoms with van der Waals surface area (Å²) in [5, 5.41) is 8.85. The number of nitrogens with zero attached hydrogens (tertiary/aromatic N) is 1. The van der Waals surface area contributed by atoms with Crippen LogP contribution in [0.25, 0.3) is 0 Å². The number of nitriles is 1. The lowest BCUT2D eigenvalue weighted by atomic mass is 9.89. The van der Waals surface area contributed by atoms with Crippen LogP contribution in [-0.2, 0) is 11.8 Å². The first-order valence-electron chi connectivity index (χ1n) is 8.55. The fourth-order valence-electron chi connectivity index (χ4n) is 3.44. The van der Waals surface area contributed by atoms with Gasteiger partial charge in [-0.15, -0.1) is 0 Å². The van der Waals surface area contributed by atoms with E-state index in [1.54, 1.807) is 0 Å². The molecule has 0 amide bonds. The molecule has 3 rings (SSSR count). The minimum absolute atomic E-state index is 0.139. The van der Waals surface area contributed by atoms with Crippen molar-refractivity contribution in [2.24, 2.45) is 11.7 Å². The maximum absolute atomic E-state index is 8.85. The molecule has 2 nitrogen and oxygen atoms in total. The van der Waals surface area contributed by atoms with Crippen LogP contribution in [0.15, 0.2) is 60.7 Å². The highest BCUT2D eigenvalue weighted by Crippen LogP contribution is 2.54. The molecule has 3 unspecified atom stereocenters. The van der Waals surface area contributed by atoms with E-state index in [9.17, 15) is 0 Å². The van der Waals surface area contributed by atoms with Crippen molar-refractivity contribution in [1.82, 2.24) is 0 Å². The highest BCUT2D eigenvalue weighted by molar-refractivity contribution is 5.40. The highest BCUT2D eigenvalue weighted by atomic mass is 14.6. The van der Waals surface area contributed by atoms with Gasteiger partial charge in [0, 0.05) is 6.04 Å². The SMILES string of the molecule is CC1CC1(C)c1ccccc1C/C=C\C(N)c1ccc(C#N)cc1. The third-order valence-electron chi connectivity index (χ3n) is 5.40. The Balaban J connectivity index is 1.69. The Kier molecular flexibility index (Phi) is 4.55. The van der Waals surface area contributed by atoms with Gasteiger partial charge in [0.2, 0.25) is 0 Å². The van der Waals surface area contributed by atoms with Crippen LogP contribution < -0.4 is 5.73 Å². The topological polar surface area (TPSA) is 49.8 Å². The zero-order chi connectivity index (χ0) is 17.2. The van der Waals surface area contributed by atoms with E-state index in [-0.39, 0.29) is 6.04 Å². The van der Waals surface area contributed by atoms with Crippen molar-refractivity contribution in [2.75, 3.05) is 0 Å². The molecule has 0 aromatic heterocycles. The average Bonchev–Trinajstić information content (AvgIpc) is 3.23. The van der Waals surface area contributed by atoms with E-state index in [0.29, 0.717) is 11.0 Å². The normalized spacial score (nSPS) is 23.8. The fourth-order valence-corrected chi connectivity index (χ4v) is 3.44. The monoisotopic (exact) mass is 316 g/mol. The van der Waals surface area contributed by atoms with E-state index >= 15 is 0 Å². The van der Waals surface area contributed by atoms with Crippen LogP contribution in [0.1, 0.15) is 48.6 Å². The van der Waals surface area contributed by atoms with E-state index in [1.807, 2.05) is 24.3 Å². The lowest BCUT2D eigenvalue weighted by Crippen LogP contribution is -2.08. The lowest BCUT2D eigenvalue weighted by molar-refractivity contribution is 0.694. The van der Waals surface area contributed by atoms with Crippen LogP contribution in [0.4, 0.5) is 0 Å². The Labute approximate surface area is 144 Å². The molecule has 0 aliphatic heterocycles. The van der Waals surface area contributed by atoms with Crippen LogP contribution in [0.5, 0.6) is 0 Å². The van der Waals surface area contributed by atoms with Gasteiger partial charge in [-0.1, -0.05) is 62.4 Å². The second-order valence-corrected chi connectivity index (χ2v) is 7.07. The van der Waals surface area contributed by atoms with Crippen LogP contribution >= 0.6 is 0 Å². The smallest absolute Gasteiger partial charge is 0.0991 e. The molecule has 3 atom stereocenters. The van der Waals surface area contributed by atoms with Gasteiger partial charge in [-0.25, -0.2) is 0 Å². The number of rotatable bonds is 5. The summed E-state index contributed by atoms with van der Waals surface area (Å²) < 4.78 is 0. The summed E-state index contributed by atoms with van der Waals surface area (Å²) in [5.41, 5.74) is 11.2. The minimum atomic E-state index is -0.139. The number of hydrogen-bond acceptors (Lipinski definition) is 2. The van der Waals surface area contributed by atoms with Crippen molar-refractivity contribution in [2.45, 2.75) is 38.1 Å². The summed E-state index contributed by atoms with van der Waals surface area (Å²) in [4.78, 5) is 0. The molecule has 2 aromatic rings. The van der Waals surface area contributed by atoms with Gasteiger partial charge in [-0.3, -0.25) is 0 Å². The molecule has 122 valence electrons. The molecule has 24 heavy (non-hydrogen) atoms. The van der Waals surface area contributed by atoms with Gasteiger partial charge >= 0.3 is 0 Å². The van der Waals surface area contributed by atoms with E-state index in [0.717, 1.165) is 17.9 Å². The third kappa shape index (κ3) is 3.27. The summed E-state index contributed by atoms with van der Waals surface area (Å²) in [5.74, 6) is 0.767. The van der Waals surface area contributed by atoms with Gasteiger partial charge < -0.3 is 5.73 Å². The third-order valence-corrected chi connectivity index (χ3v) is 5.40. The van der Waals surface area contributed by atoms with Crippen molar-refractivity contribution in [3.05, 3.63) is 82.9 Å². The van der Waals surface area contributed by atoms with Crippen LogP contribution in [-0.4, -0.2) is 0 Å². The van der Waals surface area contributed by atoms with Gasteiger partial charge in [0.15, 0.2) is 0 Å². The molecular formula is C22H24N2. The Hall–Kier alpha value is -2.37. The maximum Gasteiger partial charge on any atom is 0.0991 e. The fraction of sp³-hybridized carbons (Fsp3) is 0.318. The van der Waals surface area contributed by atoms with Crippen LogP contribution in [0.2, 0.25) is 0 Å². The average molecular weight is 316 g/mol. The Morgan fingerprint density at radius 2 is 1.92 bits per heavy atom. The molecular weight excluding hydrogens is 292 g/mol. The predicted octanol–water partition coefficient (Wildman–Crippen LogP) is 4.65. The lowest BCUT2D eigenvalue weighted by Gasteiger charge is -2.15. The molecule has 2 heteroatoms. The summed E-state index contributed by atoms with van der Waals surface area (Å²) in [6.45, 7) is 4.69. The van der Waals surface area contributed by atoms with Gasteiger partial charge in [0.05, 0.1) is 11.6 Å². The molecule has 0 spiro atoms. The second kappa shape index (κ2) is 6.63. The molecule has 1 saturated carbocycles. The van der Waals surface area contributed by atoms with E-state index in [1.165, 1.54) is 17.5 Å². The zero-order valence-electron chi connectivity index (χ0n) is 14.4. The van der Waals surface area contributed by atoms with Crippen molar-refractivity contribution in [1.29, 1.82) is 5.26 Å².